The molecule has 10 heavy (non-hydrogen) atoms. The highest BCUT2D eigenvalue weighted by molar-refractivity contribution is 6.08. The summed E-state index contributed by atoms with van der Waals surface area (Å²) in [6.45, 7) is 10.8. The Morgan fingerprint density at radius 3 is 2.10 bits per heavy atom. The summed E-state index contributed by atoms with van der Waals surface area (Å²) in [5.74, 6) is 2.31. The van der Waals surface area contributed by atoms with Crippen molar-refractivity contribution >= 4 is 5.71 Å². The van der Waals surface area contributed by atoms with Crippen molar-refractivity contribution in [3.63, 3.8) is 0 Å². The van der Waals surface area contributed by atoms with Crippen molar-refractivity contribution in [1.29, 1.82) is 0 Å². The van der Waals surface area contributed by atoms with Gasteiger partial charge < -0.3 is 0 Å². The van der Waals surface area contributed by atoms with Crippen LogP contribution in [0, 0.1) is 12.3 Å². The SMILES string of the molecule is C#CC(C=C)=NC=C.CC. The molecule has 0 aliphatic carbocycles. The van der Waals surface area contributed by atoms with Crippen molar-refractivity contribution < 1.29 is 0 Å². The molecular formula is C9H13N. The fraction of sp³-hybridized carbons (Fsp3) is 0.222. The smallest absolute Gasteiger partial charge is 0.112 e. The Hall–Kier alpha value is -1.29. The molecule has 0 saturated carbocycles. The van der Waals surface area contributed by atoms with Crippen LogP contribution in [0.4, 0.5) is 0 Å². The van der Waals surface area contributed by atoms with Gasteiger partial charge >= 0.3 is 0 Å². The molecule has 54 valence electrons. The molecule has 0 spiro atoms. The standard InChI is InChI=1S/C7H7N.C2H6/c1-4-7(5-2)8-6-3;1-2/h1,5-6H,2-3H2;1-2H3. The highest BCUT2D eigenvalue weighted by Gasteiger charge is 1.76. The first-order valence-electron chi connectivity index (χ1n) is 3.13. The molecule has 0 aliphatic heterocycles. The zero-order valence-electron chi connectivity index (χ0n) is 6.59. The van der Waals surface area contributed by atoms with Crippen LogP contribution >= 0.6 is 0 Å². The van der Waals surface area contributed by atoms with Gasteiger partial charge in [-0.25, -0.2) is 4.99 Å². The lowest BCUT2D eigenvalue weighted by molar-refractivity contribution is 1.50. The van der Waals surface area contributed by atoms with Gasteiger partial charge in [0.15, 0.2) is 0 Å². The third-order valence-electron chi connectivity index (χ3n) is 0.572. The summed E-state index contributed by atoms with van der Waals surface area (Å²) in [6.07, 6.45) is 7.86. The Morgan fingerprint density at radius 1 is 1.50 bits per heavy atom. The van der Waals surface area contributed by atoms with Gasteiger partial charge in [0.2, 0.25) is 0 Å². The van der Waals surface area contributed by atoms with E-state index in [2.05, 4.69) is 24.1 Å². The molecule has 0 aromatic heterocycles. The van der Waals surface area contributed by atoms with Gasteiger partial charge in [0.1, 0.15) is 5.71 Å². The van der Waals surface area contributed by atoms with Gasteiger partial charge in [-0.1, -0.05) is 32.9 Å². The van der Waals surface area contributed by atoms with Crippen LogP contribution < -0.4 is 0 Å². The second-order valence-electron chi connectivity index (χ2n) is 1.05. The van der Waals surface area contributed by atoms with Crippen LogP contribution in [0.1, 0.15) is 13.8 Å². The highest BCUT2D eigenvalue weighted by Crippen LogP contribution is 1.76. The number of hydrogen-bond donors (Lipinski definition) is 0. The summed E-state index contributed by atoms with van der Waals surface area (Å²) in [5, 5.41) is 0. The molecule has 0 saturated heterocycles. The molecule has 1 heteroatoms. The minimum absolute atomic E-state index is 0.514. The average molecular weight is 135 g/mol. The van der Waals surface area contributed by atoms with Crippen LogP contribution in [-0.2, 0) is 0 Å². The van der Waals surface area contributed by atoms with Crippen LogP contribution in [0.25, 0.3) is 0 Å². The molecule has 0 atom stereocenters. The molecule has 1 nitrogen and oxygen atoms in total. The van der Waals surface area contributed by atoms with E-state index in [1.807, 2.05) is 13.8 Å². The van der Waals surface area contributed by atoms with Gasteiger partial charge in [-0.05, 0) is 6.08 Å². The second-order valence-corrected chi connectivity index (χ2v) is 1.05. The molecule has 0 bridgehead atoms. The van der Waals surface area contributed by atoms with Crippen LogP contribution in [0.5, 0.6) is 0 Å². The first kappa shape index (κ1) is 11.5. The normalized spacial score (nSPS) is 8.30. The largest absolute Gasteiger partial charge is 0.248 e. The maximum absolute atomic E-state index is 4.97. The van der Waals surface area contributed by atoms with Crippen molar-refractivity contribution in [1.82, 2.24) is 0 Å². The lowest BCUT2D eigenvalue weighted by Gasteiger charge is -1.79. The van der Waals surface area contributed by atoms with Gasteiger partial charge in [-0.2, -0.15) is 0 Å². The van der Waals surface area contributed by atoms with Gasteiger partial charge in [0.25, 0.3) is 0 Å². The number of allylic oxidation sites excluding steroid dienone is 1. The Balaban J connectivity index is 0. The fourth-order valence-corrected chi connectivity index (χ4v) is 0.247. The predicted octanol–water partition coefficient (Wildman–Crippen LogP) is 2.42. The summed E-state index contributed by atoms with van der Waals surface area (Å²) in [6, 6.07) is 0. The van der Waals surface area contributed by atoms with Gasteiger partial charge in [-0.15, -0.1) is 6.42 Å². The molecule has 0 unspecified atom stereocenters. The maximum atomic E-state index is 4.97. The number of rotatable bonds is 2. The van der Waals surface area contributed by atoms with E-state index in [0.717, 1.165) is 0 Å². The summed E-state index contributed by atoms with van der Waals surface area (Å²) in [5.41, 5.74) is 0.514. The first-order valence-corrected chi connectivity index (χ1v) is 3.13. The lowest BCUT2D eigenvalue weighted by Crippen LogP contribution is -1.82. The zero-order chi connectivity index (χ0) is 8.41. The molecule has 0 N–H and O–H groups in total. The summed E-state index contributed by atoms with van der Waals surface area (Å²) < 4.78 is 0. The van der Waals surface area contributed by atoms with Crippen molar-refractivity contribution in [2.45, 2.75) is 13.8 Å². The Kier molecular flexibility index (Phi) is 12.2. The summed E-state index contributed by atoms with van der Waals surface area (Å²) in [4.78, 5) is 3.69. The summed E-state index contributed by atoms with van der Waals surface area (Å²) in [7, 11) is 0. The van der Waals surface area contributed by atoms with E-state index in [4.69, 9.17) is 6.42 Å². The Labute approximate surface area is 63.2 Å². The number of hydrogen-bond acceptors (Lipinski definition) is 1. The average Bonchev–Trinajstić information content (AvgIpc) is 2.04. The van der Waals surface area contributed by atoms with E-state index in [1.165, 1.54) is 12.3 Å². The maximum Gasteiger partial charge on any atom is 0.112 e. The Morgan fingerprint density at radius 2 is 2.00 bits per heavy atom. The minimum Gasteiger partial charge on any atom is -0.248 e. The third kappa shape index (κ3) is 6.71. The van der Waals surface area contributed by atoms with Crippen molar-refractivity contribution in [2.24, 2.45) is 4.99 Å². The van der Waals surface area contributed by atoms with Crippen LogP contribution in [0.15, 0.2) is 30.4 Å². The number of terminal acetylenes is 1. The molecule has 0 aliphatic rings. The van der Waals surface area contributed by atoms with Gasteiger partial charge in [0.05, 0.1) is 0 Å². The molecule has 0 amide bonds. The molecule has 0 fully saturated rings. The quantitative estimate of drug-likeness (QED) is 0.407. The van der Waals surface area contributed by atoms with Crippen LogP contribution in [-0.4, -0.2) is 5.71 Å². The van der Waals surface area contributed by atoms with Crippen LogP contribution in [0.3, 0.4) is 0 Å². The topological polar surface area (TPSA) is 12.4 Å². The number of aliphatic imine (C=N–C) groups is 1. The predicted molar refractivity (Wildman–Crippen MR) is 48.0 cm³/mol. The highest BCUT2D eigenvalue weighted by atomic mass is 14.7. The molecule has 0 aromatic rings. The van der Waals surface area contributed by atoms with Crippen molar-refractivity contribution in [3.8, 4) is 12.3 Å². The summed E-state index contributed by atoms with van der Waals surface area (Å²) >= 11 is 0. The molecule has 0 rings (SSSR count). The second kappa shape index (κ2) is 10.6. The van der Waals surface area contributed by atoms with E-state index in [9.17, 15) is 0 Å². The molecular weight excluding hydrogens is 122 g/mol. The minimum atomic E-state index is 0.514. The van der Waals surface area contributed by atoms with E-state index < -0.39 is 0 Å². The van der Waals surface area contributed by atoms with Crippen molar-refractivity contribution in [2.75, 3.05) is 0 Å². The third-order valence-corrected chi connectivity index (χ3v) is 0.572. The zero-order valence-corrected chi connectivity index (χ0v) is 6.59. The number of nitrogens with zero attached hydrogens (tertiary/aromatic N) is 1. The first-order chi connectivity index (χ1) is 4.85. The van der Waals surface area contributed by atoms with E-state index in [1.54, 1.807) is 0 Å². The lowest BCUT2D eigenvalue weighted by atomic mass is 10.4. The monoisotopic (exact) mass is 135 g/mol. The van der Waals surface area contributed by atoms with E-state index in [-0.39, 0.29) is 0 Å². The Bertz CT molecular complexity index is 158. The van der Waals surface area contributed by atoms with Gasteiger partial charge in [0, 0.05) is 6.20 Å². The molecule has 0 aromatic carbocycles. The van der Waals surface area contributed by atoms with Crippen LogP contribution in [0.2, 0.25) is 0 Å². The molecule has 0 heterocycles. The van der Waals surface area contributed by atoms with E-state index in [0.29, 0.717) is 5.71 Å². The van der Waals surface area contributed by atoms with Gasteiger partial charge in [-0.3, -0.25) is 0 Å². The van der Waals surface area contributed by atoms with E-state index >= 15 is 0 Å². The fourth-order valence-electron chi connectivity index (χ4n) is 0.247. The van der Waals surface area contributed by atoms with Crippen molar-refractivity contribution in [3.05, 3.63) is 25.4 Å². The molecule has 0 radical (unpaired) electrons.